The van der Waals surface area contributed by atoms with Crippen LogP contribution in [0, 0.1) is 29.4 Å². The van der Waals surface area contributed by atoms with Crippen LogP contribution >= 0.6 is 0 Å². The van der Waals surface area contributed by atoms with E-state index in [-0.39, 0.29) is 25.0 Å². The molecule has 10 heteroatoms. The molecule has 0 N–H and O–H groups in total. The minimum Gasteiger partial charge on any atom is -0.432 e. The van der Waals surface area contributed by atoms with Gasteiger partial charge in [-0.25, -0.2) is 8.78 Å². The number of hydrogen-bond acceptors (Lipinski definition) is 3. The van der Waals surface area contributed by atoms with Crippen LogP contribution in [0.4, 0.5) is 30.7 Å². The van der Waals surface area contributed by atoms with Gasteiger partial charge in [-0.15, -0.1) is 13.2 Å². The molecule has 3 nitrogen and oxygen atoms in total. The third-order valence-corrected chi connectivity index (χ3v) is 8.18. The molecule has 39 heavy (non-hydrogen) atoms. The van der Waals surface area contributed by atoms with E-state index in [2.05, 4.69) is 33.7 Å². The van der Waals surface area contributed by atoms with Gasteiger partial charge in [0.25, 0.3) is 0 Å². The Hall–Kier alpha value is -2.49. The standard InChI is InChI=1S/C29H33F7O3/c1-37-15-14-18-2-4-19(5-3-18)20-6-8-21(9-7-20)22-10-12-23(13-11-22)28(32,33)38-24-16-25(30)27(26(31)17-24)39-29(34,35)36/h2-5,16-17,20-23H,6-15H2,1H3. The molecule has 0 bridgehead atoms. The molecule has 2 aliphatic carbocycles. The van der Waals surface area contributed by atoms with Gasteiger partial charge in [-0.1, -0.05) is 24.3 Å². The van der Waals surface area contributed by atoms with Gasteiger partial charge in [-0.05, 0) is 86.7 Å². The van der Waals surface area contributed by atoms with Crippen molar-refractivity contribution in [2.45, 2.75) is 76.2 Å². The lowest BCUT2D eigenvalue weighted by Crippen LogP contribution is -2.38. The molecule has 0 saturated heterocycles. The highest BCUT2D eigenvalue weighted by atomic mass is 19.4. The minimum atomic E-state index is -5.33. The Balaban J connectivity index is 1.26. The Morgan fingerprint density at radius 3 is 1.79 bits per heavy atom. The maximum Gasteiger partial charge on any atom is 0.573 e. The van der Waals surface area contributed by atoms with E-state index in [4.69, 9.17) is 4.74 Å². The van der Waals surface area contributed by atoms with Crippen molar-refractivity contribution in [2.75, 3.05) is 13.7 Å². The highest BCUT2D eigenvalue weighted by molar-refractivity contribution is 5.35. The molecule has 4 rings (SSSR count). The van der Waals surface area contributed by atoms with Crippen LogP contribution in [0.15, 0.2) is 36.4 Å². The third kappa shape index (κ3) is 7.80. The molecule has 0 heterocycles. The van der Waals surface area contributed by atoms with Crippen molar-refractivity contribution in [1.82, 2.24) is 0 Å². The van der Waals surface area contributed by atoms with Crippen molar-refractivity contribution in [2.24, 2.45) is 17.8 Å². The van der Waals surface area contributed by atoms with Gasteiger partial charge in [0, 0.05) is 19.2 Å². The molecule has 2 aromatic carbocycles. The van der Waals surface area contributed by atoms with Crippen molar-refractivity contribution >= 4 is 0 Å². The summed E-state index contributed by atoms with van der Waals surface area (Å²) < 4.78 is 108. The van der Waals surface area contributed by atoms with Gasteiger partial charge >= 0.3 is 12.5 Å². The molecule has 2 aliphatic rings. The Morgan fingerprint density at radius 1 is 0.744 bits per heavy atom. The Kier molecular flexibility index (Phi) is 9.34. The van der Waals surface area contributed by atoms with E-state index >= 15 is 0 Å². The first kappa shape index (κ1) is 29.5. The average Bonchev–Trinajstić information content (AvgIpc) is 2.89. The van der Waals surface area contributed by atoms with Crippen molar-refractivity contribution in [3.05, 3.63) is 59.2 Å². The monoisotopic (exact) mass is 562 g/mol. The quantitative estimate of drug-likeness (QED) is 0.286. The molecule has 0 unspecified atom stereocenters. The number of methoxy groups -OCH3 is 1. The Bertz CT molecular complexity index is 1050. The van der Waals surface area contributed by atoms with Gasteiger partial charge in [0.1, 0.15) is 5.75 Å². The highest BCUT2D eigenvalue weighted by Gasteiger charge is 2.45. The molecule has 0 radical (unpaired) electrons. The van der Waals surface area contributed by atoms with Gasteiger partial charge in [0.2, 0.25) is 5.75 Å². The maximum absolute atomic E-state index is 14.9. The highest BCUT2D eigenvalue weighted by Crippen LogP contribution is 2.47. The molecule has 0 aliphatic heterocycles. The normalized spacial score (nSPS) is 24.4. The molecule has 2 aromatic rings. The molecular weight excluding hydrogens is 529 g/mol. The molecule has 2 saturated carbocycles. The lowest BCUT2D eigenvalue weighted by atomic mass is 9.68. The van der Waals surface area contributed by atoms with Crippen LogP contribution in [-0.4, -0.2) is 26.2 Å². The van der Waals surface area contributed by atoms with Gasteiger partial charge in [-0.2, -0.15) is 8.78 Å². The van der Waals surface area contributed by atoms with E-state index in [0.29, 0.717) is 37.2 Å². The molecular formula is C29H33F7O3. The number of ether oxygens (including phenoxy) is 3. The van der Waals surface area contributed by atoms with Crippen LogP contribution < -0.4 is 9.47 Å². The van der Waals surface area contributed by atoms with E-state index in [1.54, 1.807) is 7.11 Å². The summed E-state index contributed by atoms with van der Waals surface area (Å²) in [5.74, 6) is -6.01. The zero-order valence-corrected chi connectivity index (χ0v) is 21.7. The fourth-order valence-corrected chi connectivity index (χ4v) is 6.08. The van der Waals surface area contributed by atoms with E-state index in [1.807, 2.05) is 0 Å². The van der Waals surface area contributed by atoms with Gasteiger partial charge in [0.05, 0.1) is 12.5 Å². The topological polar surface area (TPSA) is 27.7 Å². The zero-order chi connectivity index (χ0) is 28.2. The molecule has 0 aromatic heterocycles. The summed E-state index contributed by atoms with van der Waals surface area (Å²) in [5, 5.41) is 0. The fourth-order valence-electron chi connectivity index (χ4n) is 6.08. The Labute approximate surface area is 223 Å². The first-order valence-electron chi connectivity index (χ1n) is 13.3. The van der Waals surface area contributed by atoms with Gasteiger partial charge < -0.3 is 14.2 Å². The molecule has 0 spiro atoms. The van der Waals surface area contributed by atoms with Crippen LogP contribution in [0.1, 0.15) is 68.4 Å². The Morgan fingerprint density at radius 2 is 1.28 bits per heavy atom. The molecule has 0 amide bonds. The molecule has 0 atom stereocenters. The van der Waals surface area contributed by atoms with Crippen LogP contribution in [0.3, 0.4) is 0 Å². The molecule has 216 valence electrons. The SMILES string of the molecule is COCCc1ccc(C2CCC(C3CCC(C(F)(F)Oc4cc(F)c(OC(F)(F)F)c(F)c4)CC3)CC2)cc1. The lowest BCUT2D eigenvalue weighted by molar-refractivity contribution is -0.276. The third-order valence-electron chi connectivity index (χ3n) is 8.18. The summed E-state index contributed by atoms with van der Waals surface area (Å²) in [7, 11) is 1.69. The number of alkyl halides is 5. The summed E-state index contributed by atoms with van der Waals surface area (Å²) >= 11 is 0. The number of rotatable bonds is 9. The smallest absolute Gasteiger partial charge is 0.432 e. The largest absolute Gasteiger partial charge is 0.573 e. The summed E-state index contributed by atoms with van der Waals surface area (Å²) in [6, 6.07) is 9.23. The van der Waals surface area contributed by atoms with E-state index in [1.165, 1.54) is 11.1 Å². The van der Waals surface area contributed by atoms with Crippen LogP contribution in [0.25, 0.3) is 0 Å². The van der Waals surface area contributed by atoms with E-state index in [9.17, 15) is 30.7 Å². The van der Waals surface area contributed by atoms with Crippen LogP contribution in [-0.2, 0) is 11.2 Å². The maximum atomic E-state index is 14.9. The second-order valence-corrected chi connectivity index (χ2v) is 10.6. The summed E-state index contributed by atoms with van der Waals surface area (Å²) in [4.78, 5) is 0. The minimum absolute atomic E-state index is 0.195. The van der Waals surface area contributed by atoms with Crippen molar-refractivity contribution in [1.29, 1.82) is 0 Å². The van der Waals surface area contributed by atoms with Gasteiger partial charge in [0.15, 0.2) is 11.6 Å². The van der Waals surface area contributed by atoms with E-state index in [0.717, 1.165) is 32.1 Å². The second kappa shape index (κ2) is 12.4. The summed E-state index contributed by atoms with van der Waals surface area (Å²) in [5.41, 5.74) is 2.58. The second-order valence-electron chi connectivity index (χ2n) is 10.6. The lowest BCUT2D eigenvalue weighted by Gasteiger charge is -2.39. The van der Waals surface area contributed by atoms with Crippen LogP contribution in [0.5, 0.6) is 11.5 Å². The zero-order valence-electron chi connectivity index (χ0n) is 21.7. The number of halogens is 7. The molecule has 2 fully saturated rings. The predicted molar refractivity (Wildman–Crippen MR) is 131 cm³/mol. The summed E-state index contributed by atoms with van der Waals surface area (Å²) in [6.45, 7) is 0.690. The van der Waals surface area contributed by atoms with Crippen molar-refractivity contribution in [3.63, 3.8) is 0 Å². The predicted octanol–water partition coefficient (Wildman–Crippen LogP) is 8.80. The van der Waals surface area contributed by atoms with Crippen LogP contribution in [0.2, 0.25) is 0 Å². The number of hydrogen-bond donors (Lipinski definition) is 0. The summed E-state index contributed by atoms with van der Waals surface area (Å²) in [6.07, 6.45) is -2.35. The average molecular weight is 563 g/mol. The van der Waals surface area contributed by atoms with Crippen molar-refractivity contribution < 1.29 is 44.9 Å². The van der Waals surface area contributed by atoms with Crippen molar-refractivity contribution in [3.8, 4) is 11.5 Å². The van der Waals surface area contributed by atoms with Gasteiger partial charge in [-0.3, -0.25) is 0 Å². The van der Waals surface area contributed by atoms with E-state index < -0.39 is 41.5 Å². The number of benzene rings is 2. The first-order chi connectivity index (χ1) is 18.4. The fraction of sp³-hybridized carbons (Fsp3) is 0.586. The first-order valence-corrected chi connectivity index (χ1v) is 13.3.